The maximum absolute atomic E-state index is 12.2. The maximum atomic E-state index is 12.2. The quantitative estimate of drug-likeness (QED) is 0.902. The molecule has 0 saturated carbocycles. The van der Waals surface area contributed by atoms with Gasteiger partial charge in [-0.2, -0.15) is 0 Å². The largest absolute Gasteiger partial charge is 0.445 e. The summed E-state index contributed by atoms with van der Waals surface area (Å²) >= 11 is 0. The molecule has 5 heteroatoms. The van der Waals surface area contributed by atoms with Crippen LogP contribution in [0.15, 0.2) is 30.3 Å². The van der Waals surface area contributed by atoms with E-state index in [9.17, 15) is 4.79 Å². The van der Waals surface area contributed by atoms with Crippen molar-refractivity contribution in [1.29, 1.82) is 0 Å². The van der Waals surface area contributed by atoms with Crippen LogP contribution in [0.4, 0.5) is 4.79 Å². The number of aliphatic hydroxyl groups excluding tert-OH is 1. The van der Waals surface area contributed by atoms with Crippen molar-refractivity contribution in [1.82, 2.24) is 9.80 Å². The lowest BCUT2D eigenvalue weighted by Gasteiger charge is -2.39. The second-order valence-electron chi connectivity index (χ2n) is 5.16. The third-order valence-electron chi connectivity index (χ3n) is 3.59. The summed E-state index contributed by atoms with van der Waals surface area (Å²) in [4.78, 5) is 16.1. The van der Waals surface area contributed by atoms with E-state index in [0.717, 1.165) is 18.7 Å². The molecule has 0 radical (unpaired) electrons. The van der Waals surface area contributed by atoms with Crippen molar-refractivity contribution >= 4 is 6.09 Å². The molecule has 1 amide bonds. The van der Waals surface area contributed by atoms with E-state index in [-0.39, 0.29) is 25.3 Å². The van der Waals surface area contributed by atoms with Crippen molar-refractivity contribution in [2.45, 2.75) is 19.1 Å². The Balaban J connectivity index is 1.89. The van der Waals surface area contributed by atoms with Crippen LogP contribution in [0.2, 0.25) is 0 Å². The number of aliphatic hydroxyl groups is 1. The Bertz CT molecular complexity index is 424. The third kappa shape index (κ3) is 3.95. The number of carbonyl (C=O) groups excluding carboxylic acids is 1. The molecule has 110 valence electrons. The molecule has 0 unspecified atom stereocenters. The van der Waals surface area contributed by atoms with E-state index in [0.29, 0.717) is 13.0 Å². The number of ether oxygens (including phenoxy) is 1. The SMILES string of the molecule is CN1CCN(C(=O)OCc2ccccc2)[C@@H](CCO)C1. The standard InChI is InChI=1S/C15H22N2O3/c1-16-8-9-17(14(11-16)7-10-18)15(19)20-12-13-5-3-2-4-6-13/h2-6,14,18H,7-12H2,1H3/t14-/m0/s1. The second-order valence-corrected chi connectivity index (χ2v) is 5.16. The Labute approximate surface area is 119 Å². The lowest BCUT2D eigenvalue weighted by molar-refractivity contribution is 0.0419. The fraction of sp³-hybridized carbons (Fsp3) is 0.533. The molecule has 0 aromatic heterocycles. The van der Waals surface area contributed by atoms with Crippen LogP contribution in [0.1, 0.15) is 12.0 Å². The van der Waals surface area contributed by atoms with E-state index in [2.05, 4.69) is 4.90 Å². The number of benzene rings is 1. The number of rotatable bonds is 4. The predicted molar refractivity (Wildman–Crippen MR) is 76.3 cm³/mol. The molecule has 1 aromatic carbocycles. The summed E-state index contributed by atoms with van der Waals surface area (Å²) in [6, 6.07) is 9.68. The summed E-state index contributed by atoms with van der Waals surface area (Å²) in [5.41, 5.74) is 0.980. The molecule has 1 aliphatic heterocycles. The Kier molecular flexibility index (Phi) is 5.38. The molecule has 1 fully saturated rings. The summed E-state index contributed by atoms with van der Waals surface area (Å²) < 4.78 is 5.37. The molecule has 0 aliphatic carbocycles. The van der Waals surface area contributed by atoms with Gasteiger partial charge >= 0.3 is 6.09 Å². The fourth-order valence-electron chi connectivity index (χ4n) is 2.45. The minimum absolute atomic E-state index is 0.0297. The van der Waals surface area contributed by atoms with Crippen LogP contribution >= 0.6 is 0 Å². The monoisotopic (exact) mass is 278 g/mol. The zero-order valence-corrected chi connectivity index (χ0v) is 11.9. The van der Waals surface area contributed by atoms with Gasteiger partial charge in [0.15, 0.2) is 0 Å². The third-order valence-corrected chi connectivity index (χ3v) is 3.59. The van der Waals surface area contributed by atoms with E-state index in [4.69, 9.17) is 9.84 Å². The average molecular weight is 278 g/mol. The fourth-order valence-corrected chi connectivity index (χ4v) is 2.45. The van der Waals surface area contributed by atoms with Crippen LogP contribution in [0.25, 0.3) is 0 Å². The molecule has 2 rings (SSSR count). The van der Waals surface area contributed by atoms with Gasteiger partial charge in [-0.05, 0) is 19.0 Å². The molecule has 1 aromatic rings. The van der Waals surface area contributed by atoms with Crippen LogP contribution in [0.5, 0.6) is 0 Å². The van der Waals surface area contributed by atoms with E-state index in [1.165, 1.54) is 0 Å². The van der Waals surface area contributed by atoms with Crippen LogP contribution in [0.3, 0.4) is 0 Å². The van der Waals surface area contributed by atoms with Gasteiger partial charge in [-0.3, -0.25) is 0 Å². The Morgan fingerprint density at radius 1 is 1.35 bits per heavy atom. The smallest absolute Gasteiger partial charge is 0.410 e. The zero-order chi connectivity index (χ0) is 14.4. The van der Waals surface area contributed by atoms with Gasteiger partial charge in [0.05, 0.1) is 0 Å². The normalized spacial score (nSPS) is 19.9. The molecule has 1 aliphatic rings. The summed E-state index contributed by atoms with van der Waals surface area (Å²) in [7, 11) is 2.02. The average Bonchev–Trinajstić information content (AvgIpc) is 2.46. The van der Waals surface area contributed by atoms with Crippen molar-refractivity contribution in [2.24, 2.45) is 0 Å². The van der Waals surface area contributed by atoms with E-state index in [1.54, 1.807) is 4.90 Å². The van der Waals surface area contributed by atoms with Gasteiger partial charge in [0.1, 0.15) is 6.61 Å². The van der Waals surface area contributed by atoms with Crippen LogP contribution in [0, 0.1) is 0 Å². The van der Waals surface area contributed by atoms with Gasteiger partial charge in [-0.1, -0.05) is 30.3 Å². The number of hydrogen-bond donors (Lipinski definition) is 1. The Morgan fingerprint density at radius 3 is 2.80 bits per heavy atom. The lowest BCUT2D eigenvalue weighted by Crippen LogP contribution is -2.54. The first-order valence-corrected chi connectivity index (χ1v) is 6.97. The lowest BCUT2D eigenvalue weighted by atomic mass is 10.1. The highest BCUT2D eigenvalue weighted by Gasteiger charge is 2.29. The molecule has 0 spiro atoms. The highest BCUT2D eigenvalue weighted by molar-refractivity contribution is 5.68. The van der Waals surface area contributed by atoms with Crippen molar-refractivity contribution in [3.05, 3.63) is 35.9 Å². The number of amides is 1. The topological polar surface area (TPSA) is 53.0 Å². The minimum Gasteiger partial charge on any atom is -0.445 e. The molecule has 5 nitrogen and oxygen atoms in total. The molecule has 0 bridgehead atoms. The van der Waals surface area contributed by atoms with Gasteiger partial charge in [0.2, 0.25) is 0 Å². The van der Waals surface area contributed by atoms with Crippen molar-refractivity contribution in [3.8, 4) is 0 Å². The number of piperazine rings is 1. The summed E-state index contributed by atoms with van der Waals surface area (Å²) in [5, 5.41) is 9.11. The summed E-state index contributed by atoms with van der Waals surface area (Å²) in [6.07, 6.45) is 0.297. The number of hydrogen-bond acceptors (Lipinski definition) is 4. The zero-order valence-electron chi connectivity index (χ0n) is 11.9. The Hall–Kier alpha value is -1.59. The molecule has 1 saturated heterocycles. The second kappa shape index (κ2) is 7.26. The number of carbonyl (C=O) groups is 1. The number of nitrogens with zero attached hydrogens (tertiary/aromatic N) is 2. The van der Waals surface area contributed by atoms with Crippen molar-refractivity contribution < 1.29 is 14.6 Å². The van der Waals surface area contributed by atoms with Crippen LogP contribution in [-0.2, 0) is 11.3 Å². The minimum atomic E-state index is -0.291. The van der Waals surface area contributed by atoms with Gasteiger partial charge in [0.25, 0.3) is 0 Å². The molecule has 1 heterocycles. The first-order valence-electron chi connectivity index (χ1n) is 6.97. The molecule has 20 heavy (non-hydrogen) atoms. The van der Waals surface area contributed by atoms with Gasteiger partial charge in [-0.25, -0.2) is 4.79 Å². The number of likely N-dealkylation sites (N-methyl/N-ethyl adjacent to an activating group) is 1. The summed E-state index contributed by atoms with van der Waals surface area (Å²) in [6.45, 7) is 2.64. The first kappa shape index (κ1) is 14.8. The first-order chi connectivity index (χ1) is 9.70. The highest BCUT2D eigenvalue weighted by atomic mass is 16.6. The van der Waals surface area contributed by atoms with Crippen LogP contribution in [-0.4, -0.2) is 60.3 Å². The Morgan fingerprint density at radius 2 is 2.10 bits per heavy atom. The summed E-state index contributed by atoms with van der Waals surface area (Å²) in [5.74, 6) is 0. The van der Waals surface area contributed by atoms with E-state index < -0.39 is 0 Å². The molecular formula is C15H22N2O3. The van der Waals surface area contributed by atoms with Gasteiger partial charge < -0.3 is 19.6 Å². The van der Waals surface area contributed by atoms with E-state index >= 15 is 0 Å². The van der Waals surface area contributed by atoms with Crippen molar-refractivity contribution in [2.75, 3.05) is 33.3 Å². The van der Waals surface area contributed by atoms with Crippen LogP contribution < -0.4 is 0 Å². The van der Waals surface area contributed by atoms with Gasteiger partial charge in [-0.15, -0.1) is 0 Å². The van der Waals surface area contributed by atoms with E-state index in [1.807, 2.05) is 37.4 Å². The molecule has 1 N–H and O–H groups in total. The van der Waals surface area contributed by atoms with Gasteiger partial charge in [0, 0.05) is 32.3 Å². The predicted octanol–water partition coefficient (Wildman–Crippen LogP) is 1.32. The molecule has 1 atom stereocenters. The van der Waals surface area contributed by atoms with Crippen molar-refractivity contribution in [3.63, 3.8) is 0 Å². The maximum Gasteiger partial charge on any atom is 0.410 e. The highest BCUT2D eigenvalue weighted by Crippen LogP contribution is 2.14. The molecular weight excluding hydrogens is 256 g/mol.